The molecule has 0 unspecified atom stereocenters. The zero-order chi connectivity index (χ0) is 19.1. The third-order valence-corrected chi connectivity index (χ3v) is 4.77. The monoisotopic (exact) mass is 386 g/mol. The Morgan fingerprint density at radius 3 is 2.33 bits per heavy atom. The second kappa shape index (κ2) is 9.48. The molecule has 0 aliphatic rings. The first-order chi connectivity index (χ1) is 13.1. The number of rotatable bonds is 9. The van der Waals surface area contributed by atoms with E-state index in [0.717, 1.165) is 29.5 Å². The summed E-state index contributed by atoms with van der Waals surface area (Å²) in [4.78, 5) is 6.84. The van der Waals surface area contributed by atoms with Crippen molar-refractivity contribution in [1.82, 2.24) is 9.88 Å². The lowest BCUT2D eigenvalue weighted by molar-refractivity contribution is 0.300. The number of halogens is 1. The van der Waals surface area contributed by atoms with Crippen molar-refractivity contribution in [1.29, 1.82) is 0 Å². The van der Waals surface area contributed by atoms with Crippen LogP contribution in [0.25, 0.3) is 0 Å². The van der Waals surface area contributed by atoms with Gasteiger partial charge in [0, 0.05) is 18.5 Å². The smallest absolute Gasteiger partial charge is 0.140 e. The SMILES string of the molecule is CCOc1ccc(CN(C)Cc2csc(COc3ccc(F)cc3)n2)cc1. The number of aromatic nitrogens is 1. The highest BCUT2D eigenvalue weighted by atomic mass is 32.1. The Labute approximate surface area is 163 Å². The van der Waals surface area contributed by atoms with Gasteiger partial charge in [0.25, 0.3) is 0 Å². The summed E-state index contributed by atoms with van der Waals surface area (Å²) in [6.45, 7) is 4.65. The van der Waals surface area contributed by atoms with E-state index in [9.17, 15) is 4.39 Å². The number of nitrogens with zero attached hydrogens (tertiary/aromatic N) is 2. The number of hydrogen-bond acceptors (Lipinski definition) is 5. The van der Waals surface area contributed by atoms with Gasteiger partial charge in [-0.05, 0) is 55.9 Å². The van der Waals surface area contributed by atoms with E-state index in [2.05, 4.69) is 34.4 Å². The fourth-order valence-electron chi connectivity index (χ4n) is 2.67. The lowest BCUT2D eigenvalue weighted by Crippen LogP contribution is -2.17. The van der Waals surface area contributed by atoms with E-state index in [4.69, 9.17) is 9.47 Å². The summed E-state index contributed by atoms with van der Waals surface area (Å²) in [6.07, 6.45) is 0. The van der Waals surface area contributed by atoms with E-state index in [1.54, 1.807) is 23.5 Å². The minimum Gasteiger partial charge on any atom is -0.494 e. The van der Waals surface area contributed by atoms with Crippen LogP contribution in [0.15, 0.2) is 53.9 Å². The number of benzene rings is 2. The molecular formula is C21H23FN2O2S. The summed E-state index contributed by atoms with van der Waals surface area (Å²) in [6, 6.07) is 14.2. The van der Waals surface area contributed by atoms with E-state index in [1.165, 1.54) is 17.7 Å². The summed E-state index contributed by atoms with van der Waals surface area (Å²) >= 11 is 1.57. The van der Waals surface area contributed by atoms with Gasteiger partial charge in [0.1, 0.15) is 28.9 Å². The van der Waals surface area contributed by atoms with Crippen LogP contribution in [0.5, 0.6) is 11.5 Å². The van der Waals surface area contributed by atoms with Gasteiger partial charge in [0.2, 0.25) is 0 Å². The van der Waals surface area contributed by atoms with Gasteiger partial charge < -0.3 is 9.47 Å². The van der Waals surface area contributed by atoms with E-state index in [-0.39, 0.29) is 5.82 Å². The van der Waals surface area contributed by atoms with E-state index >= 15 is 0 Å². The first-order valence-corrected chi connectivity index (χ1v) is 9.72. The minimum absolute atomic E-state index is 0.269. The lowest BCUT2D eigenvalue weighted by Gasteiger charge is -2.15. The Bertz CT molecular complexity index is 834. The Morgan fingerprint density at radius 2 is 1.63 bits per heavy atom. The molecule has 0 fully saturated rings. The molecule has 0 aliphatic heterocycles. The van der Waals surface area contributed by atoms with E-state index in [1.807, 2.05) is 19.1 Å². The maximum absolute atomic E-state index is 12.9. The first kappa shape index (κ1) is 19.3. The molecule has 0 atom stereocenters. The summed E-state index contributed by atoms with van der Waals surface area (Å²) in [5.41, 5.74) is 2.25. The number of thiazole rings is 1. The van der Waals surface area contributed by atoms with Crippen LogP contribution in [0.2, 0.25) is 0 Å². The van der Waals surface area contributed by atoms with Crippen molar-refractivity contribution < 1.29 is 13.9 Å². The van der Waals surface area contributed by atoms with Crippen LogP contribution in [-0.2, 0) is 19.7 Å². The molecule has 3 rings (SSSR count). The highest BCUT2D eigenvalue weighted by molar-refractivity contribution is 7.09. The minimum atomic E-state index is -0.269. The van der Waals surface area contributed by atoms with Crippen molar-refractivity contribution in [2.75, 3.05) is 13.7 Å². The molecule has 27 heavy (non-hydrogen) atoms. The molecule has 0 saturated heterocycles. The standard InChI is InChI=1S/C21H23FN2O2S/c1-3-25-19-8-4-16(5-9-19)12-24(2)13-18-15-27-21(23-18)14-26-20-10-6-17(22)7-11-20/h4-11,15H,3,12-14H2,1-2H3. The van der Waals surface area contributed by atoms with Gasteiger partial charge in [-0.3, -0.25) is 4.90 Å². The molecule has 3 aromatic rings. The third-order valence-electron chi connectivity index (χ3n) is 3.89. The molecule has 0 spiro atoms. The van der Waals surface area contributed by atoms with Crippen LogP contribution < -0.4 is 9.47 Å². The Balaban J connectivity index is 1.48. The fraction of sp³-hybridized carbons (Fsp3) is 0.286. The second-order valence-corrected chi connectivity index (χ2v) is 7.17. The van der Waals surface area contributed by atoms with Crippen molar-refractivity contribution in [3.63, 3.8) is 0 Å². The molecule has 1 aromatic heterocycles. The van der Waals surface area contributed by atoms with E-state index in [0.29, 0.717) is 19.0 Å². The maximum atomic E-state index is 12.9. The molecule has 0 N–H and O–H groups in total. The van der Waals surface area contributed by atoms with Gasteiger partial charge in [0.05, 0.1) is 12.3 Å². The van der Waals surface area contributed by atoms with Gasteiger partial charge in [0.15, 0.2) is 0 Å². The molecule has 4 nitrogen and oxygen atoms in total. The Hall–Kier alpha value is -2.44. The average molecular weight is 386 g/mol. The predicted molar refractivity (Wildman–Crippen MR) is 106 cm³/mol. The summed E-state index contributed by atoms with van der Waals surface area (Å²) in [5.74, 6) is 1.27. The first-order valence-electron chi connectivity index (χ1n) is 8.84. The van der Waals surface area contributed by atoms with Crippen molar-refractivity contribution in [2.24, 2.45) is 0 Å². The normalized spacial score (nSPS) is 11.0. The third kappa shape index (κ3) is 6.05. The molecule has 2 aromatic carbocycles. The van der Waals surface area contributed by atoms with Gasteiger partial charge in [-0.2, -0.15) is 0 Å². The van der Waals surface area contributed by atoms with Gasteiger partial charge in [-0.1, -0.05) is 12.1 Å². The van der Waals surface area contributed by atoms with E-state index < -0.39 is 0 Å². The number of hydrogen-bond donors (Lipinski definition) is 0. The molecule has 142 valence electrons. The van der Waals surface area contributed by atoms with Crippen molar-refractivity contribution in [3.05, 3.63) is 76.0 Å². The van der Waals surface area contributed by atoms with Crippen molar-refractivity contribution >= 4 is 11.3 Å². The average Bonchev–Trinajstić information content (AvgIpc) is 3.10. The molecular weight excluding hydrogens is 363 g/mol. The van der Waals surface area contributed by atoms with Crippen LogP contribution >= 0.6 is 11.3 Å². The number of ether oxygens (including phenoxy) is 2. The highest BCUT2D eigenvalue weighted by Gasteiger charge is 2.07. The Morgan fingerprint density at radius 1 is 0.963 bits per heavy atom. The molecule has 0 bridgehead atoms. The van der Waals surface area contributed by atoms with Crippen LogP contribution in [0.4, 0.5) is 4.39 Å². The fourth-order valence-corrected chi connectivity index (χ4v) is 3.36. The van der Waals surface area contributed by atoms with Gasteiger partial charge in [-0.25, -0.2) is 9.37 Å². The topological polar surface area (TPSA) is 34.6 Å². The van der Waals surface area contributed by atoms with Crippen LogP contribution in [0, 0.1) is 5.82 Å². The zero-order valence-corrected chi connectivity index (χ0v) is 16.3. The van der Waals surface area contributed by atoms with Crippen molar-refractivity contribution in [2.45, 2.75) is 26.6 Å². The quantitative estimate of drug-likeness (QED) is 0.524. The van der Waals surface area contributed by atoms with Crippen LogP contribution in [-0.4, -0.2) is 23.5 Å². The van der Waals surface area contributed by atoms with Gasteiger partial charge in [-0.15, -0.1) is 11.3 Å². The molecule has 0 radical (unpaired) electrons. The second-order valence-electron chi connectivity index (χ2n) is 6.22. The van der Waals surface area contributed by atoms with Crippen molar-refractivity contribution in [3.8, 4) is 11.5 Å². The molecule has 1 heterocycles. The van der Waals surface area contributed by atoms with Crippen LogP contribution in [0.3, 0.4) is 0 Å². The summed E-state index contributed by atoms with van der Waals surface area (Å²) < 4.78 is 24.0. The predicted octanol–water partition coefficient (Wildman–Crippen LogP) is 4.89. The molecule has 0 amide bonds. The highest BCUT2D eigenvalue weighted by Crippen LogP contribution is 2.18. The maximum Gasteiger partial charge on any atom is 0.140 e. The molecule has 6 heteroatoms. The van der Waals surface area contributed by atoms with Gasteiger partial charge >= 0.3 is 0 Å². The molecule has 0 saturated carbocycles. The summed E-state index contributed by atoms with van der Waals surface area (Å²) in [5, 5.41) is 2.96. The molecule has 0 aliphatic carbocycles. The largest absolute Gasteiger partial charge is 0.494 e. The summed E-state index contributed by atoms with van der Waals surface area (Å²) in [7, 11) is 2.07. The Kier molecular flexibility index (Phi) is 6.79. The van der Waals surface area contributed by atoms with Crippen LogP contribution in [0.1, 0.15) is 23.2 Å². The lowest BCUT2D eigenvalue weighted by atomic mass is 10.2. The zero-order valence-electron chi connectivity index (χ0n) is 15.5.